The van der Waals surface area contributed by atoms with E-state index in [1.807, 2.05) is 30.9 Å². The fourth-order valence-corrected chi connectivity index (χ4v) is 3.44. The predicted molar refractivity (Wildman–Crippen MR) is 92.6 cm³/mol. The molecule has 1 aromatic rings. The Morgan fingerprint density at radius 3 is 2.62 bits per heavy atom. The van der Waals surface area contributed by atoms with Crippen molar-refractivity contribution in [1.29, 1.82) is 0 Å². The van der Waals surface area contributed by atoms with Crippen molar-refractivity contribution in [2.24, 2.45) is 0 Å². The molecule has 0 bridgehead atoms. The summed E-state index contributed by atoms with van der Waals surface area (Å²) in [6, 6.07) is 6.37. The van der Waals surface area contributed by atoms with E-state index in [-0.39, 0.29) is 11.9 Å². The lowest BCUT2D eigenvalue weighted by Crippen LogP contribution is -2.35. The van der Waals surface area contributed by atoms with Gasteiger partial charge in [0.1, 0.15) is 5.82 Å². The van der Waals surface area contributed by atoms with E-state index in [0.29, 0.717) is 11.6 Å². The minimum Gasteiger partial charge on any atom is -0.313 e. The molecule has 0 aliphatic heterocycles. The molecule has 0 fully saturated rings. The Kier molecular flexibility index (Phi) is 8.30. The predicted octanol–water partition coefficient (Wildman–Crippen LogP) is 3.86. The highest BCUT2D eigenvalue weighted by Crippen LogP contribution is 2.20. The zero-order chi connectivity index (χ0) is 15.8. The van der Waals surface area contributed by atoms with E-state index < -0.39 is 0 Å². The molecule has 0 aliphatic rings. The van der Waals surface area contributed by atoms with E-state index in [4.69, 9.17) is 0 Å². The zero-order valence-electron chi connectivity index (χ0n) is 13.9. The lowest BCUT2D eigenvalue weighted by atomic mass is 10.0. The second-order valence-corrected chi connectivity index (χ2v) is 6.55. The summed E-state index contributed by atoms with van der Waals surface area (Å²) >= 11 is 1.90. The minimum atomic E-state index is -0.116. The highest BCUT2D eigenvalue weighted by molar-refractivity contribution is 7.98. The highest BCUT2D eigenvalue weighted by Gasteiger charge is 2.16. The van der Waals surface area contributed by atoms with Crippen molar-refractivity contribution in [2.75, 3.05) is 32.6 Å². The SMILES string of the molecule is CCC(CSC)N(C)CCC(NC)c1ccc(C)c(F)c1. The number of halogens is 1. The molecule has 4 heteroatoms. The van der Waals surface area contributed by atoms with Crippen molar-refractivity contribution in [1.82, 2.24) is 10.2 Å². The van der Waals surface area contributed by atoms with Gasteiger partial charge in [0, 0.05) is 17.8 Å². The Hall–Kier alpha value is -0.580. The average molecular weight is 312 g/mol. The van der Waals surface area contributed by atoms with Gasteiger partial charge >= 0.3 is 0 Å². The van der Waals surface area contributed by atoms with Crippen LogP contribution in [0.25, 0.3) is 0 Å². The summed E-state index contributed by atoms with van der Waals surface area (Å²) in [5.41, 5.74) is 1.74. The van der Waals surface area contributed by atoms with Crippen molar-refractivity contribution in [3.05, 3.63) is 35.1 Å². The highest BCUT2D eigenvalue weighted by atomic mass is 32.2. The summed E-state index contributed by atoms with van der Waals surface area (Å²) in [6.07, 6.45) is 4.31. The van der Waals surface area contributed by atoms with Crippen LogP contribution in [0.15, 0.2) is 18.2 Å². The molecule has 0 amide bonds. The Bertz CT molecular complexity index is 425. The summed E-state index contributed by atoms with van der Waals surface area (Å²) in [5.74, 6) is 1.05. The molecule has 0 saturated carbocycles. The van der Waals surface area contributed by atoms with Gasteiger partial charge in [0.05, 0.1) is 0 Å². The number of thioether (sulfide) groups is 1. The maximum atomic E-state index is 13.7. The number of aryl methyl sites for hydroxylation is 1. The molecule has 0 aromatic heterocycles. The maximum absolute atomic E-state index is 13.7. The number of nitrogens with zero attached hydrogens (tertiary/aromatic N) is 1. The van der Waals surface area contributed by atoms with Gasteiger partial charge in [-0.2, -0.15) is 11.8 Å². The Morgan fingerprint density at radius 1 is 1.38 bits per heavy atom. The van der Waals surface area contributed by atoms with Crippen molar-refractivity contribution in [3.8, 4) is 0 Å². The van der Waals surface area contributed by atoms with Gasteiger partial charge in [0.25, 0.3) is 0 Å². The zero-order valence-corrected chi connectivity index (χ0v) is 14.8. The van der Waals surface area contributed by atoms with Crippen LogP contribution in [-0.4, -0.2) is 43.6 Å². The quantitative estimate of drug-likeness (QED) is 0.745. The van der Waals surface area contributed by atoms with Crippen LogP contribution in [-0.2, 0) is 0 Å². The molecule has 0 aliphatic carbocycles. The van der Waals surface area contributed by atoms with Gasteiger partial charge in [0.2, 0.25) is 0 Å². The number of hydrogen-bond donors (Lipinski definition) is 1. The van der Waals surface area contributed by atoms with E-state index in [1.54, 1.807) is 13.0 Å². The fourth-order valence-electron chi connectivity index (χ4n) is 2.57. The lowest BCUT2D eigenvalue weighted by Gasteiger charge is -2.28. The van der Waals surface area contributed by atoms with Crippen LogP contribution < -0.4 is 5.32 Å². The first-order valence-corrected chi connectivity index (χ1v) is 9.05. The van der Waals surface area contributed by atoms with E-state index in [0.717, 1.165) is 24.3 Å². The van der Waals surface area contributed by atoms with Crippen LogP contribution in [0.1, 0.15) is 36.9 Å². The normalized spacial score (nSPS) is 14.4. The van der Waals surface area contributed by atoms with Crippen LogP contribution in [0, 0.1) is 12.7 Å². The summed E-state index contributed by atoms with van der Waals surface area (Å²) in [6.45, 7) is 5.05. The summed E-state index contributed by atoms with van der Waals surface area (Å²) in [4.78, 5) is 2.42. The van der Waals surface area contributed by atoms with Crippen molar-refractivity contribution >= 4 is 11.8 Å². The fraction of sp³-hybridized carbons (Fsp3) is 0.647. The molecule has 0 spiro atoms. The first-order valence-electron chi connectivity index (χ1n) is 7.65. The molecule has 1 rings (SSSR count). The smallest absolute Gasteiger partial charge is 0.126 e. The van der Waals surface area contributed by atoms with Gasteiger partial charge in [-0.3, -0.25) is 0 Å². The van der Waals surface area contributed by atoms with Crippen molar-refractivity contribution < 1.29 is 4.39 Å². The van der Waals surface area contributed by atoms with E-state index >= 15 is 0 Å². The molecule has 2 unspecified atom stereocenters. The topological polar surface area (TPSA) is 15.3 Å². The van der Waals surface area contributed by atoms with Crippen LogP contribution in [0.2, 0.25) is 0 Å². The monoisotopic (exact) mass is 312 g/mol. The van der Waals surface area contributed by atoms with Crippen LogP contribution in [0.3, 0.4) is 0 Å². The molecular weight excluding hydrogens is 283 g/mol. The van der Waals surface area contributed by atoms with Crippen molar-refractivity contribution in [3.63, 3.8) is 0 Å². The Labute approximate surface area is 133 Å². The third kappa shape index (κ3) is 5.61. The van der Waals surface area contributed by atoms with Gasteiger partial charge < -0.3 is 10.2 Å². The van der Waals surface area contributed by atoms with Gasteiger partial charge in [-0.25, -0.2) is 4.39 Å². The second-order valence-electron chi connectivity index (χ2n) is 5.64. The van der Waals surface area contributed by atoms with Crippen LogP contribution in [0.5, 0.6) is 0 Å². The molecule has 21 heavy (non-hydrogen) atoms. The third-order valence-electron chi connectivity index (χ3n) is 4.17. The number of benzene rings is 1. The van der Waals surface area contributed by atoms with E-state index in [2.05, 4.69) is 30.4 Å². The first kappa shape index (κ1) is 18.5. The maximum Gasteiger partial charge on any atom is 0.126 e. The molecule has 2 atom stereocenters. The van der Waals surface area contributed by atoms with Gasteiger partial charge in [-0.05, 0) is 63.9 Å². The largest absolute Gasteiger partial charge is 0.313 e. The first-order chi connectivity index (χ1) is 10.0. The van der Waals surface area contributed by atoms with E-state index in [9.17, 15) is 4.39 Å². The molecule has 0 heterocycles. The second kappa shape index (κ2) is 9.44. The average Bonchev–Trinajstić information content (AvgIpc) is 2.48. The van der Waals surface area contributed by atoms with Gasteiger partial charge in [-0.1, -0.05) is 19.1 Å². The standard InChI is InChI=1S/C17H29FN2S/c1-6-15(12-21-5)20(4)10-9-17(19-3)14-8-7-13(2)16(18)11-14/h7-8,11,15,17,19H,6,9-10,12H2,1-5H3. The van der Waals surface area contributed by atoms with Crippen LogP contribution >= 0.6 is 11.8 Å². The molecule has 0 radical (unpaired) electrons. The minimum absolute atomic E-state index is 0.116. The van der Waals surface area contributed by atoms with E-state index in [1.165, 1.54) is 6.42 Å². The molecule has 1 aromatic carbocycles. The molecule has 120 valence electrons. The summed E-state index contributed by atoms with van der Waals surface area (Å²) in [7, 11) is 4.13. The Morgan fingerprint density at radius 2 is 2.10 bits per heavy atom. The summed E-state index contributed by atoms with van der Waals surface area (Å²) in [5, 5.41) is 3.31. The third-order valence-corrected chi connectivity index (χ3v) is 4.89. The number of rotatable bonds is 9. The van der Waals surface area contributed by atoms with Gasteiger partial charge in [0.15, 0.2) is 0 Å². The Balaban J connectivity index is 2.63. The number of hydrogen-bond acceptors (Lipinski definition) is 3. The number of nitrogens with one attached hydrogen (secondary N) is 1. The molecular formula is C17H29FN2S. The molecule has 0 saturated heterocycles. The molecule has 2 nitrogen and oxygen atoms in total. The van der Waals surface area contributed by atoms with Crippen LogP contribution in [0.4, 0.5) is 4.39 Å². The van der Waals surface area contributed by atoms with Crippen molar-refractivity contribution in [2.45, 2.75) is 38.8 Å². The molecule has 1 N–H and O–H groups in total. The lowest BCUT2D eigenvalue weighted by molar-refractivity contribution is 0.242. The van der Waals surface area contributed by atoms with Gasteiger partial charge in [-0.15, -0.1) is 0 Å². The summed E-state index contributed by atoms with van der Waals surface area (Å²) < 4.78 is 13.7.